The normalized spacial score (nSPS) is 11.6. The molecule has 0 spiro atoms. The molecule has 0 fully saturated rings. The molecule has 1 unspecified atom stereocenters. The van der Waals surface area contributed by atoms with Crippen LogP contribution in [0.5, 0.6) is 5.75 Å². The van der Waals surface area contributed by atoms with E-state index >= 15 is 0 Å². The Morgan fingerprint density at radius 3 is 2.50 bits per heavy atom. The predicted octanol–water partition coefficient (Wildman–Crippen LogP) is 0.987. The van der Waals surface area contributed by atoms with Crippen LogP contribution in [0.4, 0.5) is 10.5 Å². The molecule has 1 aromatic rings. The van der Waals surface area contributed by atoms with E-state index in [4.69, 9.17) is 5.11 Å². The number of carbonyl (C=O) groups excluding carboxylic acids is 1. The zero-order valence-electron chi connectivity index (χ0n) is 8.60. The smallest absolute Gasteiger partial charge is 0.325 e. The van der Waals surface area contributed by atoms with E-state index in [1.54, 1.807) is 12.1 Å². The number of rotatable bonds is 3. The van der Waals surface area contributed by atoms with Crippen molar-refractivity contribution >= 4 is 17.7 Å². The van der Waals surface area contributed by atoms with Gasteiger partial charge in [0.2, 0.25) is 0 Å². The molecule has 0 radical (unpaired) electrons. The second kappa shape index (κ2) is 5.01. The van der Waals surface area contributed by atoms with E-state index in [2.05, 4.69) is 10.6 Å². The third-order valence-corrected chi connectivity index (χ3v) is 1.87. The maximum absolute atomic E-state index is 11.3. The van der Waals surface area contributed by atoms with Crippen LogP contribution in [0.25, 0.3) is 0 Å². The van der Waals surface area contributed by atoms with Crippen molar-refractivity contribution in [2.45, 2.75) is 13.0 Å². The lowest BCUT2D eigenvalue weighted by Crippen LogP contribution is -2.40. The van der Waals surface area contributed by atoms with Crippen molar-refractivity contribution in [1.29, 1.82) is 0 Å². The van der Waals surface area contributed by atoms with Crippen LogP contribution >= 0.6 is 0 Å². The zero-order valence-corrected chi connectivity index (χ0v) is 8.60. The minimum Gasteiger partial charge on any atom is -0.506 e. The van der Waals surface area contributed by atoms with Gasteiger partial charge in [-0.25, -0.2) is 4.79 Å². The molecule has 16 heavy (non-hydrogen) atoms. The van der Waals surface area contributed by atoms with Crippen molar-refractivity contribution in [2.75, 3.05) is 5.32 Å². The van der Waals surface area contributed by atoms with E-state index in [0.717, 1.165) is 0 Å². The van der Waals surface area contributed by atoms with Gasteiger partial charge in [0.1, 0.15) is 11.8 Å². The number of aromatic hydroxyl groups is 1. The Kier molecular flexibility index (Phi) is 3.71. The quantitative estimate of drug-likeness (QED) is 0.575. The molecule has 0 aliphatic carbocycles. The molecule has 0 aliphatic heterocycles. The summed E-state index contributed by atoms with van der Waals surface area (Å²) in [6.45, 7) is 1.34. The number of hydrogen-bond acceptors (Lipinski definition) is 3. The number of carboxylic acid groups (broad SMARTS) is 1. The number of phenols is 1. The van der Waals surface area contributed by atoms with Crippen LogP contribution in [0.1, 0.15) is 6.92 Å². The number of aliphatic carboxylic acids is 1. The highest BCUT2D eigenvalue weighted by Gasteiger charge is 2.14. The average molecular weight is 224 g/mol. The molecule has 1 rings (SSSR count). The van der Waals surface area contributed by atoms with Crippen LogP contribution in [-0.4, -0.2) is 28.3 Å². The lowest BCUT2D eigenvalue weighted by Gasteiger charge is -2.11. The first-order valence-electron chi connectivity index (χ1n) is 4.59. The number of amides is 2. The van der Waals surface area contributed by atoms with E-state index in [9.17, 15) is 14.7 Å². The third-order valence-electron chi connectivity index (χ3n) is 1.87. The summed E-state index contributed by atoms with van der Waals surface area (Å²) in [6, 6.07) is 4.48. The fraction of sp³-hybridized carbons (Fsp3) is 0.200. The van der Waals surface area contributed by atoms with Gasteiger partial charge in [-0.05, 0) is 19.1 Å². The molecule has 0 aliphatic rings. The van der Waals surface area contributed by atoms with Crippen molar-refractivity contribution in [1.82, 2.24) is 5.32 Å². The van der Waals surface area contributed by atoms with Crippen molar-refractivity contribution in [3.63, 3.8) is 0 Å². The van der Waals surface area contributed by atoms with E-state index in [1.165, 1.54) is 19.1 Å². The van der Waals surface area contributed by atoms with Gasteiger partial charge in [0, 0.05) is 0 Å². The first-order valence-corrected chi connectivity index (χ1v) is 4.59. The van der Waals surface area contributed by atoms with Crippen molar-refractivity contribution in [3.8, 4) is 5.75 Å². The third kappa shape index (κ3) is 3.16. The number of carbonyl (C=O) groups is 2. The molecular formula is C10H12N2O4. The largest absolute Gasteiger partial charge is 0.506 e. The van der Waals surface area contributed by atoms with Crippen LogP contribution in [0, 0.1) is 0 Å². The van der Waals surface area contributed by atoms with E-state index in [0.29, 0.717) is 0 Å². The highest BCUT2D eigenvalue weighted by Crippen LogP contribution is 2.20. The first kappa shape index (κ1) is 11.8. The van der Waals surface area contributed by atoms with Gasteiger partial charge < -0.3 is 20.8 Å². The number of hydrogen-bond donors (Lipinski definition) is 4. The highest BCUT2D eigenvalue weighted by molar-refractivity contribution is 5.93. The molecule has 1 aromatic carbocycles. The number of urea groups is 1. The van der Waals surface area contributed by atoms with E-state index in [-0.39, 0.29) is 11.4 Å². The molecule has 0 bridgehead atoms. The average Bonchev–Trinajstić information content (AvgIpc) is 2.21. The van der Waals surface area contributed by atoms with Crippen molar-refractivity contribution in [3.05, 3.63) is 24.3 Å². The van der Waals surface area contributed by atoms with Gasteiger partial charge in [-0.2, -0.15) is 0 Å². The summed E-state index contributed by atoms with van der Waals surface area (Å²) < 4.78 is 0. The van der Waals surface area contributed by atoms with Gasteiger partial charge in [-0.1, -0.05) is 12.1 Å². The van der Waals surface area contributed by atoms with Crippen LogP contribution < -0.4 is 10.6 Å². The summed E-state index contributed by atoms with van der Waals surface area (Å²) in [4.78, 5) is 21.7. The van der Waals surface area contributed by atoms with Crippen LogP contribution in [0.3, 0.4) is 0 Å². The molecule has 2 amide bonds. The van der Waals surface area contributed by atoms with Gasteiger partial charge in [-0.3, -0.25) is 4.79 Å². The monoisotopic (exact) mass is 224 g/mol. The fourth-order valence-electron chi connectivity index (χ4n) is 0.996. The summed E-state index contributed by atoms with van der Waals surface area (Å²) in [5.74, 6) is -1.21. The SMILES string of the molecule is CC(NC(=O)Nc1ccccc1O)C(=O)O. The Morgan fingerprint density at radius 2 is 1.94 bits per heavy atom. The standard InChI is InChI=1S/C10H12N2O4/c1-6(9(14)15)11-10(16)12-7-4-2-3-5-8(7)13/h2-6,13H,1H3,(H,14,15)(H2,11,12,16). The topological polar surface area (TPSA) is 98.7 Å². The Labute approximate surface area is 91.9 Å². The molecule has 6 nitrogen and oxygen atoms in total. The summed E-state index contributed by atoms with van der Waals surface area (Å²) in [6.07, 6.45) is 0. The molecule has 0 heterocycles. The minimum atomic E-state index is -1.13. The number of phenolic OH excluding ortho intramolecular Hbond substituents is 1. The van der Waals surface area contributed by atoms with E-state index in [1.807, 2.05) is 0 Å². The van der Waals surface area contributed by atoms with Crippen molar-refractivity contribution < 1.29 is 19.8 Å². The second-order valence-electron chi connectivity index (χ2n) is 3.18. The summed E-state index contributed by atoms with van der Waals surface area (Å²) in [5.41, 5.74) is 0.220. The molecule has 1 atom stereocenters. The number of anilines is 1. The molecule has 0 saturated carbocycles. The first-order chi connectivity index (χ1) is 7.50. The zero-order chi connectivity index (χ0) is 12.1. The maximum atomic E-state index is 11.3. The Hall–Kier alpha value is -2.24. The minimum absolute atomic E-state index is 0.0828. The number of benzene rings is 1. The van der Waals surface area contributed by atoms with Gasteiger partial charge in [0.25, 0.3) is 0 Å². The molecule has 6 heteroatoms. The number of nitrogens with one attached hydrogen (secondary N) is 2. The Balaban J connectivity index is 2.59. The van der Waals surface area contributed by atoms with Crippen LogP contribution in [0.2, 0.25) is 0 Å². The maximum Gasteiger partial charge on any atom is 0.325 e. The van der Waals surface area contributed by atoms with Gasteiger partial charge in [0.05, 0.1) is 5.69 Å². The molecular weight excluding hydrogens is 212 g/mol. The molecule has 0 saturated heterocycles. The second-order valence-corrected chi connectivity index (χ2v) is 3.18. The summed E-state index contributed by atoms with van der Waals surface area (Å²) in [7, 11) is 0. The van der Waals surface area contributed by atoms with Gasteiger partial charge >= 0.3 is 12.0 Å². The highest BCUT2D eigenvalue weighted by atomic mass is 16.4. The molecule has 0 aromatic heterocycles. The summed E-state index contributed by atoms with van der Waals surface area (Å²) >= 11 is 0. The predicted molar refractivity (Wildman–Crippen MR) is 57.4 cm³/mol. The van der Waals surface area contributed by atoms with Gasteiger partial charge in [-0.15, -0.1) is 0 Å². The van der Waals surface area contributed by atoms with Crippen LogP contribution in [-0.2, 0) is 4.79 Å². The van der Waals surface area contributed by atoms with E-state index < -0.39 is 18.0 Å². The Bertz CT molecular complexity index is 406. The summed E-state index contributed by atoms with van der Waals surface area (Å²) in [5, 5.41) is 22.4. The number of carboxylic acids is 1. The molecule has 86 valence electrons. The fourth-order valence-corrected chi connectivity index (χ4v) is 0.996. The lowest BCUT2D eigenvalue weighted by atomic mass is 10.3. The molecule has 4 N–H and O–H groups in total. The number of para-hydroxylation sites is 2. The van der Waals surface area contributed by atoms with Crippen molar-refractivity contribution in [2.24, 2.45) is 0 Å². The lowest BCUT2D eigenvalue weighted by molar-refractivity contribution is -0.138. The van der Waals surface area contributed by atoms with Gasteiger partial charge in [0.15, 0.2) is 0 Å². The van der Waals surface area contributed by atoms with Crippen LogP contribution in [0.15, 0.2) is 24.3 Å². The Morgan fingerprint density at radius 1 is 1.31 bits per heavy atom.